The van der Waals surface area contributed by atoms with Crippen LogP contribution in [0.3, 0.4) is 0 Å². The number of hydrogen-bond acceptors (Lipinski definition) is 2. The molecule has 0 fully saturated rings. The number of halogens is 3. The molecule has 0 amide bonds. The van der Waals surface area contributed by atoms with Gasteiger partial charge in [0, 0.05) is 11.8 Å². The average Bonchev–Trinajstić information content (AvgIpc) is 2.29. The fourth-order valence-electron chi connectivity index (χ4n) is 1.55. The Morgan fingerprint density at radius 1 is 1.29 bits per heavy atom. The van der Waals surface area contributed by atoms with Gasteiger partial charge in [-0.3, -0.25) is 0 Å². The van der Waals surface area contributed by atoms with E-state index in [1.807, 2.05) is 0 Å². The van der Waals surface area contributed by atoms with Crippen LogP contribution in [0.25, 0.3) is 11.1 Å². The predicted octanol–water partition coefficient (Wildman–Crippen LogP) is 3.57. The molecule has 1 aromatic carbocycles. The highest BCUT2D eigenvalue weighted by molar-refractivity contribution is 6.30. The number of hydrogen-bond donors (Lipinski definition) is 1. The van der Waals surface area contributed by atoms with Crippen LogP contribution in [-0.4, -0.2) is 4.98 Å². The molecule has 0 saturated heterocycles. The smallest absolute Gasteiger partial charge is 0.137 e. The van der Waals surface area contributed by atoms with Crippen molar-refractivity contribution < 1.29 is 8.78 Å². The monoisotopic (exact) mass is 254 g/mol. The zero-order valence-corrected chi connectivity index (χ0v) is 9.72. The van der Waals surface area contributed by atoms with Gasteiger partial charge in [0.2, 0.25) is 0 Å². The molecule has 2 nitrogen and oxygen atoms in total. The quantitative estimate of drug-likeness (QED) is 0.845. The molecule has 2 aromatic rings. The minimum Gasteiger partial charge on any atom is -0.383 e. The number of aryl methyl sites for hydroxylation is 1. The number of nitrogens with two attached hydrogens (primary N) is 1. The molecule has 0 unspecified atom stereocenters. The van der Waals surface area contributed by atoms with Gasteiger partial charge in [0.05, 0.1) is 10.6 Å². The van der Waals surface area contributed by atoms with E-state index in [4.69, 9.17) is 17.3 Å². The van der Waals surface area contributed by atoms with Gasteiger partial charge in [-0.25, -0.2) is 13.8 Å². The lowest BCUT2D eigenvalue weighted by Crippen LogP contribution is -1.99. The Hall–Kier alpha value is -1.68. The summed E-state index contributed by atoms with van der Waals surface area (Å²) in [5.41, 5.74) is 5.91. The van der Waals surface area contributed by atoms with Crippen molar-refractivity contribution in [1.29, 1.82) is 0 Å². The Morgan fingerprint density at radius 3 is 2.71 bits per heavy atom. The number of benzene rings is 1. The Morgan fingerprint density at radius 2 is 2.00 bits per heavy atom. The third-order valence-electron chi connectivity index (χ3n) is 2.44. The second-order valence-corrected chi connectivity index (χ2v) is 4.08. The van der Waals surface area contributed by atoms with Crippen LogP contribution in [0, 0.1) is 18.6 Å². The molecule has 0 radical (unpaired) electrons. The lowest BCUT2D eigenvalue weighted by Gasteiger charge is -2.09. The standard InChI is InChI=1S/C12H9ClF2N2/c1-6-2-3-9(14)10(11(6)15)8-4-7(13)5-17-12(8)16/h2-5H,1H3,(H2,16,17). The average molecular weight is 255 g/mol. The molecule has 17 heavy (non-hydrogen) atoms. The molecular formula is C12H9ClF2N2. The number of nitrogen functional groups attached to an aromatic ring is 1. The number of anilines is 1. The van der Waals surface area contributed by atoms with Crippen LogP contribution < -0.4 is 5.73 Å². The number of pyridine rings is 1. The van der Waals surface area contributed by atoms with E-state index in [9.17, 15) is 8.78 Å². The summed E-state index contributed by atoms with van der Waals surface area (Å²) >= 11 is 5.75. The van der Waals surface area contributed by atoms with E-state index in [2.05, 4.69) is 4.98 Å². The molecule has 0 aliphatic rings. The fourth-order valence-corrected chi connectivity index (χ4v) is 1.71. The Kier molecular flexibility index (Phi) is 2.98. The first-order valence-electron chi connectivity index (χ1n) is 4.86. The van der Waals surface area contributed by atoms with Crippen LogP contribution in [0.15, 0.2) is 24.4 Å². The highest BCUT2D eigenvalue weighted by Crippen LogP contribution is 2.32. The van der Waals surface area contributed by atoms with E-state index in [1.54, 1.807) is 6.92 Å². The molecule has 0 spiro atoms. The first-order chi connectivity index (χ1) is 8.00. The molecule has 0 aliphatic carbocycles. The summed E-state index contributed by atoms with van der Waals surface area (Å²) in [5.74, 6) is -1.30. The highest BCUT2D eigenvalue weighted by atomic mass is 35.5. The minimum atomic E-state index is -0.691. The molecule has 1 heterocycles. The summed E-state index contributed by atoms with van der Waals surface area (Å²) in [6.07, 6.45) is 1.33. The normalized spacial score (nSPS) is 10.6. The Balaban J connectivity index is 2.76. The van der Waals surface area contributed by atoms with E-state index in [0.717, 1.165) is 0 Å². The summed E-state index contributed by atoms with van der Waals surface area (Å²) in [6, 6.07) is 3.95. The van der Waals surface area contributed by atoms with Crippen LogP contribution in [0.4, 0.5) is 14.6 Å². The van der Waals surface area contributed by atoms with Gasteiger partial charge in [0.15, 0.2) is 0 Å². The van der Waals surface area contributed by atoms with Crippen molar-refractivity contribution in [3.05, 3.63) is 46.6 Å². The first-order valence-corrected chi connectivity index (χ1v) is 5.24. The summed E-state index contributed by atoms with van der Waals surface area (Å²) in [6.45, 7) is 1.55. The maximum Gasteiger partial charge on any atom is 0.137 e. The van der Waals surface area contributed by atoms with Gasteiger partial charge in [-0.15, -0.1) is 0 Å². The maximum absolute atomic E-state index is 13.9. The highest BCUT2D eigenvalue weighted by Gasteiger charge is 2.16. The van der Waals surface area contributed by atoms with Gasteiger partial charge >= 0.3 is 0 Å². The second-order valence-electron chi connectivity index (χ2n) is 3.64. The van der Waals surface area contributed by atoms with Gasteiger partial charge < -0.3 is 5.73 Å². The van der Waals surface area contributed by atoms with Crippen molar-refractivity contribution in [3.63, 3.8) is 0 Å². The van der Waals surface area contributed by atoms with E-state index in [0.29, 0.717) is 5.56 Å². The molecule has 1 aromatic heterocycles. The summed E-state index contributed by atoms with van der Waals surface area (Å²) in [5, 5.41) is 0.273. The molecule has 88 valence electrons. The van der Waals surface area contributed by atoms with Crippen molar-refractivity contribution in [1.82, 2.24) is 4.98 Å². The van der Waals surface area contributed by atoms with Gasteiger partial charge in [0.25, 0.3) is 0 Å². The predicted molar refractivity (Wildman–Crippen MR) is 63.7 cm³/mol. The lowest BCUT2D eigenvalue weighted by atomic mass is 10.0. The van der Waals surface area contributed by atoms with Crippen LogP contribution >= 0.6 is 11.6 Å². The van der Waals surface area contributed by atoms with Crippen LogP contribution in [0.5, 0.6) is 0 Å². The minimum absolute atomic E-state index is 0.0396. The molecular weight excluding hydrogens is 246 g/mol. The van der Waals surface area contributed by atoms with Gasteiger partial charge in [-0.05, 0) is 24.6 Å². The van der Waals surface area contributed by atoms with E-state index in [-0.39, 0.29) is 22.0 Å². The maximum atomic E-state index is 13.9. The van der Waals surface area contributed by atoms with Crippen molar-refractivity contribution in [3.8, 4) is 11.1 Å². The van der Waals surface area contributed by atoms with Gasteiger partial charge in [-0.1, -0.05) is 17.7 Å². The van der Waals surface area contributed by atoms with E-state index >= 15 is 0 Å². The topological polar surface area (TPSA) is 38.9 Å². The number of aromatic nitrogens is 1. The SMILES string of the molecule is Cc1ccc(F)c(-c2cc(Cl)cnc2N)c1F. The number of rotatable bonds is 1. The van der Waals surface area contributed by atoms with E-state index < -0.39 is 11.6 Å². The summed E-state index contributed by atoms with van der Waals surface area (Å²) < 4.78 is 27.6. The molecule has 5 heteroatoms. The van der Waals surface area contributed by atoms with Crippen molar-refractivity contribution in [2.75, 3.05) is 5.73 Å². The third-order valence-corrected chi connectivity index (χ3v) is 2.65. The Labute approximate surface area is 102 Å². The molecule has 2 rings (SSSR count). The molecule has 2 N–H and O–H groups in total. The molecule has 0 atom stereocenters. The van der Waals surface area contributed by atoms with Crippen molar-refractivity contribution in [2.45, 2.75) is 6.92 Å². The van der Waals surface area contributed by atoms with E-state index in [1.165, 1.54) is 24.4 Å². The second kappa shape index (κ2) is 4.30. The largest absolute Gasteiger partial charge is 0.383 e. The third kappa shape index (κ3) is 2.08. The summed E-state index contributed by atoms with van der Waals surface area (Å²) in [7, 11) is 0. The van der Waals surface area contributed by atoms with Crippen molar-refractivity contribution in [2.24, 2.45) is 0 Å². The molecule has 0 aliphatic heterocycles. The summed E-state index contributed by atoms with van der Waals surface area (Å²) in [4.78, 5) is 3.78. The van der Waals surface area contributed by atoms with Gasteiger partial charge in [0.1, 0.15) is 17.5 Å². The molecule has 0 saturated carbocycles. The Bertz CT molecular complexity index is 585. The first kappa shape index (κ1) is 11.8. The van der Waals surface area contributed by atoms with Crippen LogP contribution in [0.2, 0.25) is 5.02 Å². The van der Waals surface area contributed by atoms with Crippen molar-refractivity contribution >= 4 is 17.4 Å². The fraction of sp³-hybridized carbons (Fsp3) is 0.0833. The number of nitrogens with zero attached hydrogens (tertiary/aromatic N) is 1. The lowest BCUT2D eigenvalue weighted by molar-refractivity contribution is 0.584. The zero-order valence-electron chi connectivity index (χ0n) is 8.97. The molecule has 0 bridgehead atoms. The van der Waals surface area contributed by atoms with Gasteiger partial charge in [-0.2, -0.15) is 0 Å². The van der Waals surface area contributed by atoms with Crippen LogP contribution in [-0.2, 0) is 0 Å². The zero-order chi connectivity index (χ0) is 12.6. The van der Waals surface area contributed by atoms with Crippen LogP contribution in [0.1, 0.15) is 5.56 Å².